The Hall–Kier alpha value is -1.84. The second-order valence-electron chi connectivity index (χ2n) is 6.66. The molecule has 7 nitrogen and oxygen atoms in total. The first-order chi connectivity index (χ1) is 12.8. The van der Waals surface area contributed by atoms with Gasteiger partial charge < -0.3 is 14.4 Å². The zero-order valence-corrected chi connectivity index (χ0v) is 18.0. The topological polar surface area (TPSA) is 81.9 Å². The Kier molecular flexibility index (Phi) is 7.88. The van der Waals surface area contributed by atoms with Crippen LogP contribution in [0.5, 0.6) is 11.5 Å². The Morgan fingerprint density at radius 2 is 2.15 bits per heavy atom. The molecule has 1 unspecified atom stereocenters. The van der Waals surface area contributed by atoms with E-state index in [-0.39, 0.29) is 23.5 Å². The first-order valence-electron chi connectivity index (χ1n) is 8.86. The average molecular weight is 488 g/mol. The molecular formula is C19H25IN2O5. The normalized spacial score (nSPS) is 16.4. The van der Waals surface area contributed by atoms with Crippen LogP contribution in [-0.2, 0) is 11.2 Å². The quantitative estimate of drug-likeness (QED) is 0.242. The summed E-state index contributed by atoms with van der Waals surface area (Å²) >= 11 is 2.15. The molecule has 1 amide bonds. The monoisotopic (exact) mass is 488 g/mol. The van der Waals surface area contributed by atoms with Gasteiger partial charge in [0.1, 0.15) is 6.10 Å². The number of allylic oxidation sites excluding steroid dienone is 1. The molecule has 1 aromatic rings. The number of carbonyl (C=O) groups excluding carboxylic acids is 1. The largest absolute Gasteiger partial charge is 0.493 e. The molecule has 0 N–H and O–H groups in total. The van der Waals surface area contributed by atoms with Gasteiger partial charge in [-0.2, -0.15) is 0 Å². The van der Waals surface area contributed by atoms with Crippen molar-refractivity contribution in [2.45, 2.75) is 38.2 Å². The molecule has 0 aromatic heterocycles. The van der Waals surface area contributed by atoms with Crippen LogP contribution in [0, 0.1) is 13.7 Å². The van der Waals surface area contributed by atoms with E-state index in [1.54, 1.807) is 32.2 Å². The first kappa shape index (κ1) is 21.5. The SMILES string of the molecule is COc1ccc(CC[N+](=O)[O-])c(I)c1OC1CCCC=C1CC(=O)N(C)C. The number of ether oxygens (including phenoxy) is 2. The lowest BCUT2D eigenvalue weighted by Crippen LogP contribution is -2.28. The smallest absolute Gasteiger partial charge is 0.226 e. The van der Waals surface area contributed by atoms with Crippen LogP contribution in [0.25, 0.3) is 0 Å². The van der Waals surface area contributed by atoms with E-state index in [0.29, 0.717) is 24.3 Å². The summed E-state index contributed by atoms with van der Waals surface area (Å²) in [4.78, 5) is 24.1. The van der Waals surface area contributed by atoms with Crippen molar-refractivity contribution in [3.8, 4) is 11.5 Å². The fraction of sp³-hybridized carbons (Fsp3) is 0.526. The highest BCUT2D eigenvalue weighted by Gasteiger charge is 2.25. The molecular weight excluding hydrogens is 463 g/mol. The van der Waals surface area contributed by atoms with Gasteiger partial charge in [0.2, 0.25) is 12.5 Å². The lowest BCUT2D eigenvalue weighted by Gasteiger charge is -2.27. The number of amides is 1. The molecule has 8 heteroatoms. The Morgan fingerprint density at radius 3 is 2.78 bits per heavy atom. The van der Waals surface area contributed by atoms with Crippen LogP contribution in [0.3, 0.4) is 0 Å². The summed E-state index contributed by atoms with van der Waals surface area (Å²) in [5.74, 6) is 1.22. The lowest BCUT2D eigenvalue weighted by molar-refractivity contribution is -0.479. The summed E-state index contributed by atoms with van der Waals surface area (Å²) in [5, 5.41) is 10.7. The maximum atomic E-state index is 12.1. The molecule has 2 rings (SSSR count). The van der Waals surface area contributed by atoms with Gasteiger partial charge in [-0.05, 0) is 59.1 Å². The molecule has 0 bridgehead atoms. The molecule has 0 heterocycles. The molecule has 1 aliphatic rings. The predicted molar refractivity (Wildman–Crippen MR) is 111 cm³/mol. The molecule has 0 saturated carbocycles. The van der Waals surface area contributed by atoms with Crippen molar-refractivity contribution in [1.29, 1.82) is 0 Å². The number of carbonyl (C=O) groups is 1. The minimum atomic E-state index is -0.324. The summed E-state index contributed by atoms with van der Waals surface area (Å²) in [6.07, 6.45) is 5.30. The molecule has 1 atom stereocenters. The van der Waals surface area contributed by atoms with Gasteiger partial charge in [0.15, 0.2) is 11.5 Å². The van der Waals surface area contributed by atoms with Gasteiger partial charge >= 0.3 is 0 Å². The number of benzene rings is 1. The Balaban J connectivity index is 2.26. The van der Waals surface area contributed by atoms with Crippen molar-refractivity contribution in [3.05, 3.63) is 43.0 Å². The minimum absolute atomic E-state index is 0.0399. The first-order valence-corrected chi connectivity index (χ1v) is 9.94. The summed E-state index contributed by atoms with van der Waals surface area (Å²) in [7, 11) is 5.06. The highest BCUT2D eigenvalue weighted by molar-refractivity contribution is 14.1. The number of hydrogen-bond acceptors (Lipinski definition) is 5. The van der Waals surface area contributed by atoms with Crippen LogP contribution in [0.15, 0.2) is 23.8 Å². The fourth-order valence-corrected chi connectivity index (χ4v) is 3.80. The zero-order valence-electron chi connectivity index (χ0n) is 15.9. The molecule has 148 valence electrons. The van der Waals surface area contributed by atoms with Crippen molar-refractivity contribution >= 4 is 28.5 Å². The van der Waals surface area contributed by atoms with E-state index in [9.17, 15) is 14.9 Å². The van der Waals surface area contributed by atoms with E-state index in [4.69, 9.17) is 9.47 Å². The molecule has 0 radical (unpaired) electrons. The summed E-state index contributed by atoms with van der Waals surface area (Å²) < 4.78 is 12.6. The number of nitro groups is 1. The van der Waals surface area contributed by atoms with Crippen LogP contribution in [-0.4, -0.2) is 49.6 Å². The lowest BCUT2D eigenvalue weighted by atomic mass is 9.93. The number of hydrogen-bond donors (Lipinski definition) is 0. The number of halogens is 1. The number of methoxy groups -OCH3 is 1. The van der Waals surface area contributed by atoms with E-state index in [1.807, 2.05) is 6.07 Å². The van der Waals surface area contributed by atoms with E-state index in [0.717, 1.165) is 34.0 Å². The zero-order chi connectivity index (χ0) is 20.0. The molecule has 1 aromatic carbocycles. The molecule has 0 aliphatic heterocycles. The molecule has 0 fully saturated rings. The third-order valence-electron chi connectivity index (χ3n) is 4.53. The van der Waals surface area contributed by atoms with E-state index >= 15 is 0 Å². The number of nitrogens with zero attached hydrogens (tertiary/aromatic N) is 2. The molecule has 0 saturated heterocycles. The third-order valence-corrected chi connectivity index (χ3v) is 5.71. The van der Waals surface area contributed by atoms with E-state index in [1.165, 1.54) is 0 Å². The van der Waals surface area contributed by atoms with Crippen LogP contribution in [0.1, 0.15) is 31.2 Å². The van der Waals surface area contributed by atoms with Crippen LogP contribution < -0.4 is 9.47 Å². The Bertz CT molecular complexity index is 733. The number of rotatable bonds is 8. The van der Waals surface area contributed by atoms with E-state index in [2.05, 4.69) is 28.7 Å². The predicted octanol–water partition coefficient (Wildman–Crippen LogP) is 3.46. The Labute approximate surface area is 173 Å². The summed E-state index contributed by atoms with van der Waals surface area (Å²) in [6.45, 7) is -0.131. The Morgan fingerprint density at radius 1 is 1.41 bits per heavy atom. The average Bonchev–Trinajstić information content (AvgIpc) is 2.63. The van der Waals surface area contributed by atoms with Crippen molar-refractivity contribution < 1.29 is 19.2 Å². The van der Waals surface area contributed by atoms with Crippen LogP contribution in [0.2, 0.25) is 0 Å². The van der Waals surface area contributed by atoms with Gasteiger partial charge in [0, 0.05) is 25.4 Å². The highest BCUT2D eigenvalue weighted by Crippen LogP contribution is 2.38. The van der Waals surface area contributed by atoms with Crippen molar-refractivity contribution in [3.63, 3.8) is 0 Å². The highest BCUT2D eigenvalue weighted by atomic mass is 127. The van der Waals surface area contributed by atoms with E-state index < -0.39 is 0 Å². The van der Waals surface area contributed by atoms with Gasteiger partial charge in [-0.25, -0.2) is 0 Å². The maximum absolute atomic E-state index is 12.1. The minimum Gasteiger partial charge on any atom is -0.493 e. The molecule has 27 heavy (non-hydrogen) atoms. The molecule has 0 spiro atoms. The van der Waals surface area contributed by atoms with Crippen molar-refractivity contribution in [1.82, 2.24) is 4.90 Å². The maximum Gasteiger partial charge on any atom is 0.226 e. The fourth-order valence-electron chi connectivity index (χ4n) is 2.96. The second kappa shape index (κ2) is 9.91. The van der Waals surface area contributed by atoms with Gasteiger partial charge in [-0.1, -0.05) is 12.1 Å². The third kappa shape index (κ3) is 5.82. The summed E-state index contributed by atoms with van der Waals surface area (Å²) in [5.41, 5.74) is 1.84. The van der Waals surface area contributed by atoms with Crippen molar-refractivity contribution in [2.24, 2.45) is 0 Å². The van der Waals surface area contributed by atoms with Crippen LogP contribution >= 0.6 is 22.6 Å². The summed E-state index contributed by atoms with van der Waals surface area (Å²) in [6, 6.07) is 3.62. The van der Waals surface area contributed by atoms with Gasteiger partial charge in [0.05, 0.1) is 17.1 Å². The van der Waals surface area contributed by atoms with Crippen LogP contribution in [0.4, 0.5) is 0 Å². The van der Waals surface area contributed by atoms with Gasteiger partial charge in [-0.15, -0.1) is 0 Å². The standard InChI is InChI=1S/C19H25IN2O5/c1-21(2)17(23)12-14-6-4-5-7-15(14)27-19-16(26-3)9-8-13(18(19)20)10-11-22(24)25/h6,8-9,15H,4-5,7,10-12H2,1-3H3. The van der Waals surface area contributed by atoms with Crippen molar-refractivity contribution in [2.75, 3.05) is 27.7 Å². The second-order valence-corrected chi connectivity index (χ2v) is 7.74. The molecule has 1 aliphatic carbocycles. The van der Waals surface area contributed by atoms with Gasteiger partial charge in [-0.3, -0.25) is 14.9 Å². The van der Waals surface area contributed by atoms with Gasteiger partial charge in [0.25, 0.3) is 0 Å².